The lowest BCUT2D eigenvalue weighted by atomic mass is 9.85. The largest absolute Gasteiger partial charge is 0.495 e. The minimum atomic E-state index is -4.56. The van der Waals surface area contributed by atoms with Crippen LogP contribution < -0.4 is 24.8 Å². The van der Waals surface area contributed by atoms with Crippen LogP contribution in [0.2, 0.25) is 5.02 Å². The number of hydrogen-bond donors (Lipinski definition) is 2. The molecule has 1 aliphatic rings. The molecule has 0 aromatic heterocycles. The highest BCUT2D eigenvalue weighted by molar-refractivity contribution is 7.93. The maximum atomic E-state index is 14.1. The third-order valence-corrected chi connectivity index (χ3v) is 8.79. The lowest BCUT2D eigenvalue weighted by Gasteiger charge is -2.26. The number of methoxy groups -OCH3 is 1. The van der Waals surface area contributed by atoms with Crippen molar-refractivity contribution in [3.8, 4) is 11.5 Å². The Morgan fingerprint density at radius 2 is 1.73 bits per heavy atom. The SMILES string of the molecule is CCOc1ccc2c(c1)C(N)(c1ccccc1Cl)C(=O)N2S(=O)(=O)c1ccc(NC(=O)N(CC)CC)cc1OC.O. The number of nitrogens with two attached hydrogens (primary N) is 1. The molecule has 41 heavy (non-hydrogen) atoms. The standard InChI is InChI=1S/C28H31ClN4O6S.H2O/c1-5-32(6-2)27(35)31-18-12-15-25(24(16-18)38-4)40(36,37)33-23-14-13-19(39-7-3)17-21(23)28(30,26(33)34)20-10-8-9-11-22(20)29;/h8-17H,5-7,30H2,1-4H3,(H,31,35);1H2. The van der Waals surface area contributed by atoms with Gasteiger partial charge in [0.25, 0.3) is 15.9 Å². The average Bonchev–Trinajstić information content (AvgIpc) is 3.16. The van der Waals surface area contributed by atoms with Gasteiger partial charge in [0.1, 0.15) is 16.4 Å². The van der Waals surface area contributed by atoms with Crippen LogP contribution in [0, 0.1) is 0 Å². The Balaban J connectivity index is 0.00000462. The third kappa shape index (κ3) is 5.43. The molecular weight excluding hydrogens is 572 g/mol. The van der Waals surface area contributed by atoms with Crippen molar-refractivity contribution in [2.24, 2.45) is 5.73 Å². The summed E-state index contributed by atoms with van der Waals surface area (Å²) in [6, 6.07) is 14.9. The number of benzene rings is 3. The first-order valence-corrected chi connectivity index (χ1v) is 14.5. The predicted molar refractivity (Wildman–Crippen MR) is 157 cm³/mol. The van der Waals surface area contributed by atoms with Crippen LogP contribution >= 0.6 is 11.6 Å². The molecule has 5 N–H and O–H groups in total. The lowest BCUT2D eigenvalue weighted by molar-refractivity contribution is -0.120. The zero-order chi connectivity index (χ0) is 29.2. The molecule has 220 valence electrons. The molecule has 0 bridgehead atoms. The number of halogens is 1. The van der Waals surface area contributed by atoms with E-state index in [1.165, 1.54) is 31.4 Å². The molecule has 1 atom stereocenters. The summed E-state index contributed by atoms with van der Waals surface area (Å²) in [6.07, 6.45) is 0. The van der Waals surface area contributed by atoms with Crippen LogP contribution in [0.4, 0.5) is 16.2 Å². The molecule has 0 radical (unpaired) electrons. The van der Waals surface area contributed by atoms with Crippen molar-refractivity contribution in [2.45, 2.75) is 31.2 Å². The normalized spacial score (nSPS) is 16.0. The Hall–Kier alpha value is -3.84. The van der Waals surface area contributed by atoms with Gasteiger partial charge in [-0.15, -0.1) is 0 Å². The molecule has 3 aromatic carbocycles. The van der Waals surface area contributed by atoms with Crippen molar-refractivity contribution in [1.29, 1.82) is 0 Å². The second kappa shape index (κ2) is 12.4. The molecule has 1 heterocycles. The number of ether oxygens (including phenoxy) is 2. The van der Waals surface area contributed by atoms with Crippen molar-refractivity contribution >= 4 is 44.9 Å². The van der Waals surface area contributed by atoms with Gasteiger partial charge < -0.3 is 30.9 Å². The molecule has 1 unspecified atom stereocenters. The summed E-state index contributed by atoms with van der Waals surface area (Å²) in [5.41, 5.74) is 5.74. The van der Waals surface area contributed by atoms with Crippen molar-refractivity contribution < 1.29 is 33.0 Å². The fourth-order valence-electron chi connectivity index (χ4n) is 4.70. The third-order valence-electron chi connectivity index (χ3n) is 6.73. The predicted octanol–water partition coefficient (Wildman–Crippen LogP) is 3.73. The van der Waals surface area contributed by atoms with Gasteiger partial charge >= 0.3 is 6.03 Å². The average molecular weight is 605 g/mol. The second-order valence-electron chi connectivity index (χ2n) is 8.94. The van der Waals surface area contributed by atoms with Gasteiger partial charge in [0.05, 0.1) is 19.4 Å². The van der Waals surface area contributed by atoms with E-state index < -0.39 is 21.5 Å². The summed E-state index contributed by atoms with van der Waals surface area (Å²) in [5, 5.41) is 2.94. The lowest BCUT2D eigenvalue weighted by Crippen LogP contribution is -2.49. The number of urea groups is 1. The highest BCUT2D eigenvalue weighted by Crippen LogP contribution is 2.48. The maximum absolute atomic E-state index is 14.1. The summed E-state index contributed by atoms with van der Waals surface area (Å²) < 4.78 is 40.0. The summed E-state index contributed by atoms with van der Waals surface area (Å²) in [6.45, 7) is 6.86. The van der Waals surface area contributed by atoms with Gasteiger partial charge in [-0.05, 0) is 57.2 Å². The number of amides is 3. The molecule has 13 heteroatoms. The van der Waals surface area contributed by atoms with E-state index in [1.54, 1.807) is 48.2 Å². The highest BCUT2D eigenvalue weighted by atomic mass is 35.5. The van der Waals surface area contributed by atoms with E-state index in [2.05, 4.69) is 5.32 Å². The van der Waals surface area contributed by atoms with Crippen molar-refractivity contribution in [3.05, 3.63) is 76.8 Å². The van der Waals surface area contributed by atoms with Crippen LogP contribution in [0.25, 0.3) is 0 Å². The van der Waals surface area contributed by atoms with Gasteiger partial charge in [-0.2, -0.15) is 0 Å². The van der Waals surface area contributed by atoms with Gasteiger partial charge in [0.2, 0.25) is 0 Å². The molecular formula is C28H33ClN4O7S. The maximum Gasteiger partial charge on any atom is 0.321 e. The van der Waals surface area contributed by atoms with Gasteiger partial charge in [0.15, 0.2) is 5.54 Å². The Bertz CT molecular complexity index is 1560. The first-order valence-electron chi connectivity index (χ1n) is 12.7. The fourth-order valence-corrected chi connectivity index (χ4v) is 6.60. The van der Waals surface area contributed by atoms with Gasteiger partial charge in [-0.1, -0.05) is 29.8 Å². The molecule has 0 saturated carbocycles. The van der Waals surface area contributed by atoms with Crippen molar-refractivity contribution in [2.75, 3.05) is 36.4 Å². The van der Waals surface area contributed by atoms with Crippen molar-refractivity contribution in [3.63, 3.8) is 0 Å². The molecule has 4 rings (SSSR count). The van der Waals surface area contributed by atoms with E-state index in [9.17, 15) is 18.0 Å². The minimum absolute atomic E-state index is 0. The number of hydrogen-bond acceptors (Lipinski definition) is 7. The Morgan fingerprint density at radius 3 is 2.34 bits per heavy atom. The molecule has 0 saturated heterocycles. The number of carbonyl (C=O) groups excluding carboxylic acids is 2. The number of nitrogens with zero attached hydrogens (tertiary/aromatic N) is 2. The van der Waals surface area contributed by atoms with E-state index in [-0.39, 0.29) is 44.0 Å². The Labute approximate surface area is 244 Å². The van der Waals surface area contributed by atoms with E-state index in [0.29, 0.717) is 35.4 Å². The topological polar surface area (TPSA) is 163 Å². The van der Waals surface area contributed by atoms with Crippen LogP contribution in [0.1, 0.15) is 31.9 Å². The summed E-state index contributed by atoms with van der Waals surface area (Å²) >= 11 is 6.47. The first-order chi connectivity index (χ1) is 19.0. The number of anilines is 2. The summed E-state index contributed by atoms with van der Waals surface area (Å²) in [5.74, 6) is -0.559. The summed E-state index contributed by atoms with van der Waals surface area (Å²) in [4.78, 5) is 27.9. The van der Waals surface area contributed by atoms with Crippen LogP contribution in [-0.2, 0) is 20.4 Å². The minimum Gasteiger partial charge on any atom is -0.495 e. The second-order valence-corrected chi connectivity index (χ2v) is 11.1. The van der Waals surface area contributed by atoms with Gasteiger partial charge in [-0.3, -0.25) is 4.79 Å². The van der Waals surface area contributed by atoms with E-state index in [1.807, 2.05) is 13.8 Å². The van der Waals surface area contributed by atoms with Crippen LogP contribution in [-0.4, -0.2) is 57.5 Å². The number of nitrogens with one attached hydrogen (secondary N) is 1. The molecule has 0 aliphatic carbocycles. The van der Waals surface area contributed by atoms with Gasteiger partial charge in [-0.25, -0.2) is 17.5 Å². The van der Waals surface area contributed by atoms with Crippen molar-refractivity contribution in [1.82, 2.24) is 4.90 Å². The van der Waals surface area contributed by atoms with Crippen LogP contribution in [0.5, 0.6) is 11.5 Å². The molecule has 3 amide bonds. The smallest absolute Gasteiger partial charge is 0.321 e. The van der Waals surface area contributed by atoms with E-state index >= 15 is 0 Å². The number of carbonyl (C=O) groups is 2. The molecule has 3 aromatic rings. The monoisotopic (exact) mass is 604 g/mol. The zero-order valence-electron chi connectivity index (χ0n) is 23.1. The molecule has 1 aliphatic heterocycles. The number of fused-ring (bicyclic) bond motifs is 1. The number of sulfonamides is 1. The van der Waals surface area contributed by atoms with Crippen LogP contribution in [0.15, 0.2) is 65.6 Å². The molecule has 0 fully saturated rings. The van der Waals surface area contributed by atoms with E-state index in [4.69, 9.17) is 26.8 Å². The number of rotatable bonds is 9. The first kappa shape index (κ1) is 31.7. The fraction of sp³-hybridized carbons (Fsp3) is 0.286. The summed E-state index contributed by atoms with van der Waals surface area (Å²) in [7, 11) is -3.26. The Morgan fingerprint density at radius 1 is 1.05 bits per heavy atom. The molecule has 11 nitrogen and oxygen atoms in total. The van der Waals surface area contributed by atoms with E-state index in [0.717, 1.165) is 0 Å². The Kier molecular flexibility index (Phi) is 9.54. The zero-order valence-corrected chi connectivity index (χ0v) is 24.7. The molecule has 0 spiro atoms. The van der Waals surface area contributed by atoms with Gasteiger partial charge in [0, 0.05) is 41.0 Å². The van der Waals surface area contributed by atoms with Crippen LogP contribution in [0.3, 0.4) is 0 Å². The quantitative estimate of drug-likeness (QED) is 0.376. The highest BCUT2D eigenvalue weighted by Gasteiger charge is 2.55.